The lowest BCUT2D eigenvalue weighted by molar-refractivity contribution is 0.679. The van der Waals surface area contributed by atoms with Gasteiger partial charge in [0.05, 0.1) is 6.07 Å². The second kappa shape index (κ2) is 11.1. The molecule has 0 rings (SSSR count). The van der Waals surface area contributed by atoms with Gasteiger partial charge in [0, 0.05) is 19.3 Å². The Morgan fingerprint density at radius 2 is 1.54 bits per heavy atom. The Hall–Kier alpha value is -0.950. The van der Waals surface area contributed by atoms with Gasteiger partial charge in [-0.25, -0.2) is 0 Å². The Morgan fingerprint density at radius 3 is 2.15 bits per heavy atom. The van der Waals surface area contributed by atoms with Gasteiger partial charge in [0.25, 0.3) is 0 Å². The molecule has 0 amide bonds. The highest BCUT2D eigenvalue weighted by atomic mass is 14.2. The van der Waals surface area contributed by atoms with E-state index < -0.39 is 0 Å². The summed E-state index contributed by atoms with van der Waals surface area (Å²) < 4.78 is 0. The summed E-state index contributed by atoms with van der Waals surface area (Å²) in [5.74, 6) is 6.24. The second-order valence-electron chi connectivity index (χ2n) is 3.18. The van der Waals surface area contributed by atoms with Crippen molar-refractivity contribution >= 4 is 0 Å². The highest BCUT2D eigenvalue weighted by Gasteiger charge is 1.84. The fourth-order valence-electron chi connectivity index (χ4n) is 1.07. The quantitative estimate of drug-likeness (QED) is 0.448. The molecule has 0 aliphatic carbocycles. The summed E-state index contributed by atoms with van der Waals surface area (Å²) in [5.41, 5.74) is 0. The second-order valence-corrected chi connectivity index (χ2v) is 3.18. The van der Waals surface area contributed by atoms with Crippen molar-refractivity contribution in [3.8, 4) is 17.9 Å². The molecule has 0 aromatic heterocycles. The van der Waals surface area contributed by atoms with Gasteiger partial charge in [0.1, 0.15) is 0 Å². The van der Waals surface area contributed by atoms with E-state index in [1.807, 2.05) is 0 Å². The molecule has 0 N–H and O–H groups in total. The largest absolute Gasteiger partial charge is 0.198 e. The molecule has 0 aromatic rings. The zero-order valence-corrected chi connectivity index (χ0v) is 8.60. The smallest absolute Gasteiger partial charge is 0.0622 e. The molecule has 0 atom stereocenters. The zero-order valence-electron chi connectivity index (χ0n) is 8.60. The van der Waals surface area contributed by atoms with Crippen molar-refractivity contribution in [3.05, 3.63) is 0 Å². The molecule has 0 bridgehead atoms. The van der Waals surface area contributed by atoms with Gasteiger partial charge in [-0.3, -0.25) is 0 Å². The van der Waals surface area contributed by atoms with E-state index >= 15 is 0 Å². The maximum absolute atomic E-state index is 8.27. The van der Waals surface area contributed by atoms with E-state index in [1.54, 1.807) is 0 Å². The number of rotatable bonds is 6. The molecule has 0 aromatic carbocycles. The molecule has 0 heterocycles. The molecule has 1 nitrogen and oxygen atoms in total. The molecule has 1 heteroatoms. The predicted octanol–water partition coefficient (Wildman–Crippen LogP) is 3.65. The monoisotopic (exact) mass is 177 g/mol. The Labute approximate surface area is 82.1 Å². The van der Waals surface area contributed by atoms with Gasteiger partial charge in [-0.15, -0.1) is 11.8 Å². The van der Waals surface area contributed by atoms with Crippen LogP contribution in [-0.2, 0) is 0 Å². The van der Waals surface area contributed by atoms with Crippen LogP contribution < -0.4 is 0 Å². The zero-order chi connectivity index (χ0) is 9.78. The first-order chi connectivity index (χ1) is 6.41. The van der Waals surface area contributed by atoms with Crippen LogP contribution in [0.25, 0.3) is 0 Å². The Balaban J connectivity index is 3.07. The summed E-state index contributed by atoms with van der Waals surface area (Å²) >= 11 is 0. The number of nitriles is 1. The number of nitrogens with zero attached hydrogens (tertiary/aromatic N) is 1. The van der Waals surface area contributed by atoms with Gasteiger partial charge in [-0.1, -0.05) is 26.2 Å². The predicted molar refractivity (Wildman–Crippen MR) is 56.0 cm³/mol. The summed E-state index contributed by atoms with van der Waals surface area (Å²) in [6.45, 7) is 2.22. The summed E-state index contributed by atoms with van der Waals surface area (Å²) in [6, 6.07) is 2.12. The lowest BCUT2D eigenvalue weighted by Gasteiger charge is -1.91. The van der Waals surface area contributed by atoms with Crippen LogP contribution in [0.5, 0.6) is 0 Å². The van der Waals surface area contributed by atoms with Crippen LogP contribution in [0.3, 0.4) is 0 Å². The molecular weight excluding hydrogens is 158 g/mol. The van der Waals surface area contributed by atoms with E-state index in [-0.39, 0.29) is 0 Å². The third kappa shape index (κ3) is 11.0. The third-order valence-corrected chi connectivity index (χ3v) is 1.87. The van der Waals surface area contributed by atoms with Crippen LogP contribution in [0.1, 0.15) is 58.3 Å². The topological polar surface area (TPSA) is 23.8 Å². The minimum atomic E-state index is 0.643. The Kier molecular flexibility index (Phi) is 10.2. The molecular formula is C12H19N. The van der Waals surface area contributed by atoms with Crippen molar-refractivity contribution < 1.29 is 0 Å². The molecule has 0 aliphatic rings. The number of hydrogen-bond acceptors (Lipinski definition) is 1. The first-order valence-corrected chi connectivity index (χ1v) is 5.24. The van der Waals surface area contributed by atoms with Crippen molar-refractivity contribution in [2.75, 3.05) is 0 Å². The van der Waals surface area contributed by atoms with Gasteiger partial charge in [0.15, 0.2) is 0 Å². The highest BCUT2D eigenvalue weighted by molar-refractivity contribution is 4.98. The third-order valence-electron chi connectivity index (χ3n) is 1.87. The van der Waals surface area contributed by atoms with Gasteiger partial charge in [0.2, 0.25) is 0 Å². The fraction of sp³-hybridized carbons (Fsp3) is 0.750. The summed E-state index contributed by atoms with van der Waals surface area (Å²) in [6.07, 6.45) is 8.66. The maximum Gasteiger partial charge on any atom is 0.0622 e. The van der Waals surface area contributed by atoms with Crippen molar-refractivity contribution in [1.29, 1.82) is 5.26 Å². The average Bonchev–Trinajstić information content (AvgIpc) is 2.16. The van der Waals surface area contributed by atoms with Crippen LogP contribution >= 0.6 is 0 Å². The van der Waals surface area contributed by atoms with E-state index in [1.165, 1.54) is 25.7 Å². The van der Waals surface area contributed by atoms with Crippen LogP contribution in [0.2, 0.25) is 0 Å². The van der Waals surface area contributed by atoms with E-state index in [9.17, 15) is 0 Å². The summed E-state index contributed by atoms with van der Waals surface area (Å²) in [5, 5.41) is 8.27. The van der Waals surface area contributed by atoms with Gasteiger partial charge >= 0.3 is 0 Å². The van der Waals surface area contributed by atoms with Gasteiger partial charge in [-0.2, -0.15) is 5.26 Å². The minimum Gasteiger partial charge on any atom is -0.198 e. The van der Waals surface area contributed by atoms with E-state index in [2.05, 4.69) is 24.8 Å². The molecule has 0 fully saturated rings. The molecule has 72 valence electrons. The first kappa shape index (κ1) is 12.0. The SMILES string of the molecule is CCCCCCC#CCCCC#N. The highest BCUT2D eigenvalue weighted by Crippen LogP contribution is 2.01. The molecule has 0 spiro atoms. The summed E-state index contributed by atoms with van der Waals surface area (Å²) in [4.78, 5) is 0. The molecule has 0 aliphatic heterocycles. The minimum absolute atomic E-state index is 0.643. The van der Waals surface area contributed by atoms with Crippen molar-refractivity contribution in [1.82, 2.24) is 0 Å². The van der Waals surface area contributed by atoms with Crippen LogP contribution in [0.15, 0.2) is 0 Å². The normalized spacial score (nSPS) is 8.62. The van der Waals surface area contributed by atoms with Gasteiger partial charge < -0.3 is 0 Å². The van der Waals surface area contributed by atoms with Crippen molar-refractivity contribution in [3.63, 3.8) is 0 Å². The van der Waals surface area contributed by atoms with Crippen LogP contribution in [0.4, 0.5) is 0 Å². The van der Waals surface area contributed by atoms with Gasteiger partial charge in [-0.05, 0) is 12.8 Å². The molecule has 0 saturated heterocycles. The molecule has 13 heavy (non-hydrogen) atoms. The van der Waals surface area contributed by atoms with E-state index in [0.29, 0.717) is 6.42 Å². The number of hydrogen-bond donors (Lipinski definition) is 0. The van der Waals surface area contributed by atoms with Crippen molar-refractivity contribution in [2.45, 2.75) is 58.3 Å². The summed E-state index contributed by atoms with van der Waals surface area (Å²) in [7, 11) is 0. The van der Waals surface area contributed by atoms with Crippen LogP contribution in [-0.4, -0.2) is 0 Å². The average molecular weight is 177 g/mol. The number of unbranched alkanes of at least 4 members (excludes halogenated alkanes) is 6. The Bertz CT molecular complexity index is 189. The van der Waals surface area contributed by atoms with E-state index in [4.69, 9.17) is 5.26 Å². The molecule has 0 radical (unpaired) electrons. The lowest BCUT2D eigenvalue weighted by Crippen LogP contribution is -1.74. The first-order valence-electron chi connectivity index (χ1n) is 5.24. The Morgan fingerprint density at radius 1 is 0.846 bits per heavy atom. The molecule has 0 saturated carbocycles. The van der Waals surface area contributed by atoms with Crippen LogP contribution in [0, 0.1) is 23.2 Å². The maximum atomic E-state index is 8.27. The molecule has 0 unspecified atom stereocenters. The van der Waals surface area contributed by atoms with E-state index in [0.717, 1.165) is 19.3 Å². The lowest BCUT2D eigenvalue weighted by atomic mass is 10.1. The fourth-order valence-corrected chi connectivity index (χ4v) is 1.07. The van der Waals surface area contributed by atoms with Crippen molar-refractivity contribution in [2.24, 2.45) is 0 Å². The standard InChI is InChI=1S/C12H19N/c1-2-3-4-5-6-7-8-9-10-11-12-13/h2-6,9-11H2,1H3.